The van der Waals surface area contributed by atoms with Gasteiger partial charge in [-0.3, -0.25) is 0 Å². The molecule has 0 spiro atoms. The average molecular weight is 194 g/mol. The lowest BCUT2D eigenvalue weighted by Crippen LogP contribution is -1.92. The maximum absolute atomic E-state index is 9.25. The minimum Gasteiger partial charge on any atom is -0.478 e. The number of rotatable bonds is 1. The predicted octanol–water partition coefficient (Wildman–Crippen LogP) is 1.67. The summed E-state index contributed by atoms with van der Waals surface area (Å²) in [6, 6.07) is 7.63. The highest BCUT2D eigenvalue weighted by molar-refractivity contribution is 5.78. The molecule has 4 heteroatoms. The molecular weight excluding hydrogens is 184 g/mol. The van der Waals surface area contributed by atoms with Crippen LogP contribution in [0.1, 0.15) is 0 Å². The number of carboxylic acids is 1. The third-order valence-electron chi connectivity index (χ3n) is 1.45. The summed E-state index contributed by atoms with van der Waals surface area (Å²) in [6.45, 7) is 3.32. The quantitative estimate of drug-likeness (QED) is 0.691. The van der Waals surface area contributed by atoms with Crippen molar-refractivity contribution in [1.82, 2.24) is 0 Å². The van der Waals surface area contributed by atoms with Crippen LogP contribution in [0.15, 0.2) is 36.9 Å². The second-order valence-electron chi connectivity index (χ2n) is 2.40. The van der Waals surface area contributed by atoms with Crippen molar-refractivity contribution in [2.75, 3.05) is 6.79 Å². The van der Waals surface area contributed by atoms with Gasteiger partial charge in [0.2, 0.25) is 6.79 Å². The van der Waals surface area contributed by atoms with E-state index in [2.05, 4.69) is 6.58 Å². The molecule has 0 fully saturated rings. The Morgan fingerprint density at radius 2 is 1.79 bits per heavy atom. The molecule has 14 heavy (non-hydrogen) atoms. The van der Waals surface area contributed by atoms with Gasteiger partial charge in [-0.25, -0.2) is 4.79 Å². The van der Waals surface area contributed by atoms with Gasteiger partial charge in [0.25, 0.3) is 0 Å². The average Bonchev–Trinajstić information content (AvgIpc) is 2.66. The first-order chi connectivity index (χ1) is 6.74. The SMILES string of the molecule is C=CC(=O)O.c1ccc2c(c1)OCO2. The lowest BCUT2D eigenvalue weighted by molar-refractivity contribution is -0.131. The molecule has 0 saturated heterocycles. The van der Waals surface area contributed by atoms with Crippen LogP contribution in [0.3, 0.4) is 0 Å². The zero-order valence-corrected chi connectivity index (χ0v) is 7.47. The standard InChI is InChI=1S/C7H6O2.C3H4O2/c1-2-4-7-6(3-1)8-5-9-7;1-2-3(4)5/h1-4H,5H2;2H,1H2,(H,4,5). The lowest BCUT2D eigenvalue weighted by atomic mass is 10.3. The van der Waals surface area contributed by atoms with Gasteiger partial charge >= 0.3 is 5.97 Å². The molecule has 1 aromatic rings. The van der Waals surface area contributed by atoms with Crippen molar-refractivity contribution in [2.45, 2.75) is 0 Å². The maximum Gasteiger partial charge on any atom is 0.327 e. The summed E-state index contributed by atoms with van der Waals surface area (Å²) in [4.78, 5) is 9.25. The molecule has 74 valence electrons. The Bertz CT molecular complexity index is 310. The first kappa shape index (κ1) is 10.1. The van der Waals surface area contributed by atoms with Crippen LogP contribution >= 0.6 is 0 Å². The molecule has 1 N–H and O–H groups in total. The van der Waals surface area contributed by atoms with Crippen LogP contribution in [0.4, 0.5) is 0 Å². The number of hydrogen-bond donors (Lipinski definition) is 1. The van der Waals surface area contributed by atoms with Gasteiger partial charge < -0.3 is 14.6 Å². The van der Waals surface area contributed by atoms with Crippen LogP contribution in [-0.4, -0.2) is 17.9 Å². The highest BCUT2D eigenvalue weighted by Gasteiger charge is 2.09. The van der Waals surface area contributed by atoms with E-state index in [1.54, 1.807) is 0 Å². The zero-order valence-electron chi connectivity index (χ0n) is 7.47. The molecule has 1 aliphatic heterocycles. The largest absolute Gasteiger partial charge is 0.478 e. The van der Waals surface area contributed by atoms with Gasteiger partial charge in [-0.05, 0) is 12.1 Å². The lowest BCUT2D eigenvalue weighted by Gasteiger charge is -1.89. The van der Waals surface area contributed by atoms with E-state index in [1.807, 2.05) is 24.3 Å². The molecule has 0 radical (unpaired) electrons. The normalized spacial score (nSPS) is 11.1. The van der Waals surface area contributed by atoms with Crippen LogP contribution in [-0.2, 0) is 4.79 Å². The summed E-state index contributed by atoms with van der Waals surface area (Å²) in [5.74, 6) is 0.708. The second kappa shape index (κ2) is 4.91. The van der Waals surface area contributed by atoms with Crippen molar-refractivity contribution in [3.8, 4) is 11.5 Å². The van der Waals surface area contributed by atoms with Crippen LogP contribution in [0.2, 0.25) is 0 Å². The van der Waals surface area contributed by atoms with E-state index in [4.69, 9.17) is 14.6 Å². The molecule has 1 heterocycles. The van der Waals surface area contributed by atoms with Gasteiger partial charge in [-0.2, -0.15) is 0 Å². The van der Waals surface area contributed by atoms with Gasteiger partial charge in [-0.15, -0.1) is 0 Å². The van der Waals surface area contributed by atoms with Gasteiger partial charge in [0.05, 0.1) is 0 Å². The van der Waals surface area contributed by atoms with Crippen LogP contribution in [0.25, 0.3) is 0 Å². The van der Waals surface area contributed by atoms with Gasteiger partial charge in [0.1, 0.15) is 0 Å². The molecule has 0 saturated carbocycles. The van der Waals surface area contributed by atoms with Gasteiger partial charge in [0.15, 0.2) is 11.5 Å². The zero-order chi connectivity index (χ0) is 10.4. The Hall–Kier alpha value is -1.97. The van der Waals surface area contributed by atoms with Crippen LogP contribution in [0.5, 0.6) is 11.5 Å². The van der Waals surface area contributed by atoms with Crippen molar-refractivity contribution in [3.63, 3.8) is 0 Å². The fraction of sp³-hybridized carbons (Fsp3) is 0.100. The van der Waals surface area contributed by atoms with Gasteiger partial charge in [0, 0.05) is 6.08 Å². The molecule has 4 nitrogen and oxygen atoms in total. The monoisotopic (exact) mass is 194 g/mol. The summed E-state index contributed by atoms with van der Waals surface area (Å²) in [5, 5.41) is 7.60. The first-order valence-corrected chi connectivity index (χ1v) is 3.94. The molecule has 0 bridgehead atoms. The molecule has 0 atom stereocenters. The van der Waals surface area contributed by atoms with Gasteiger partial charge in [-0.1, -0.05) is 18.7 Å². The summed E-state index contributed by atoms with van der Waals surface area (Å²) in [5.41, 5.74) is 0. The summed E-state index contributed by atoms with van der Waals surface area (Å²) < 4.78 is 10.2. The Balaban J connectivity index is 0.000000171. The number of hydrogen-bond acceptors (Lipinski definition) is 3. The number of fused-ring (bicyclic) bond motifs is 1. The Morgan fingerprint density at radius 1 is 1.36 bits per heavy atom. The fourth-order valence-electron chi connectivity index (χ4n) is 0.845. The van der Waals surface area contributed by atoms with E-state index in [-0.39, 0.29) is 0 Å². The van der Waals surface area contributed by atoms with Crippen LogP contribution < -0.4 is 9.47 Å². The fourth-order valence-corrected chi connectivity index (χ4v) is 0.845. The molecule has 2 rings (SSSR count). The van der Waals surface area contributed by atoms with E-state index >= 15 is 0 Å². The number of aliphatic carboxylic acids is 1. The Kier molecular flexibility index (Phi) is 3.55. The number of carbonyl (C=O) groups is 1. The second-order valence-corrected chi connectivity index (χ2v) is 2.40. The number of para-hydroxylation sites is 2. The first-order valence-electron chi connectivity index (χ1n) is 3.94. The van der Waals surface area contributed by atoms with E-state index in [9.17, 15) is 4.79 Å². The Morgan fingerprint density at radius 3 is 2.14 bits per heavy atom. The van der Waals surface area contributed by atoms with Crippen LogP contribution in [0, 0.1) is 0 Å². The number of carboxylic acid groups (broad SMARTS) is 1. The smallest absolute Gasteiger partial charge is 0.327 e. The summed E-state index contributed by atoms with van der Waals surface area (Å²) >= 11 is 0. The van der Waals surface area contributed by atoms with E-state index in [1.165, 1.54) is 0 Å². The van der Waals surface area contributed by atoms with Crippen molar-refractivity contribution in [1.29, 1.82) is 0 Å². The minimum atomic E-state index is -0.981. The highest BCUT2D eigenvalue weighted by atomic mass is 16.7. The molecule has 1 aromatic carbocycles. The van der Waals surface area contributed by atoms with Crippen molar-refractivity contribution >= 4 is 5.97 Å². The third kappa shape index (κ3) is 2.82. The van der Waals surface area contributed by atoms with E-state index in [0.717, 1.165) is 17.6 Å². The molecule has 0 amide bonds. The summed E-state index contributed by atoms with van der Waals surface area (Å²) in [7, 11) is 0. The van der Waals surface area contributed by atoms with E-state index < -0.39 is 5.97 Å². The topological polar surface area (TPSA) is 55.8 Å². The predicted molar refractivity (Wildman–Crippen MR) is 50.4 cm³/mol. The number of benzene rings is 1. The molecule has 0 aliphatic carbocycles. The molecular formula is C10H10O4. The van der Waals surface area contributed by atoms with E-state index in [0.29, 0.717) is 6.79 Å². The molecule has 0 unspecified atom stereocenters. The Labute approximate surface area is 81.4 Å². The van der Waals surface area contributed by atoms with Crippen molar-refractivity contribution < 1.29 is 19.4 Å². The molecule has 1 aliphatic rings. The summed E-state index contributed by atoms with van der Waals surface area (Å²) in [6.07, 6.45) is 0.833. The number of ether oxygens (including phenoxy) is 2. The third-order valence-corrected chi connectivity index (χ3v) is 1.45. The van der Waals surface area contributed by atoms with Crippen molar-refractivity contribution in [2.24, 2.45) is 0 Å². The molecule has 0 aromatic heterocycles. The van der Waals surface area contributed by atoms with Crippen molar-refractivity contribution in [3.05, 3.63) is 36.9 Å². The maximum atomic E-state index is 9.25. The highest BCUT2D eigenvalue weighted by Crippen LogP contribution is 2.30. The minimum absolute atomic E-state index is 0.360.